The Labute approximate surface area is 177 Å². The number of nitrogens with one attached hydrogen (secondary N) is 1. The van der Waals surface area contributed by atoms with Crippen LogP contribution in [0.1, 0.15) is 51.3 Å². The summed E-state index contributed by atoms with van der Waals surface area (Å²) < 4.78 is 19.5. The SMILES string of the molecule is CCCCCOCC(CC)c1nc(Nc2cccc(F)c2)cc(-c2cccnc2)n1. The fourth-order valence-electron chi connectivity index (χ4n) is 3.14. The molecule has 1 N–H and O–H groups in total. The summed E-state index contributed by atoms with van der Waals surface area (Å²) in [7, 11) is 0. The Bertz CT molecular complexity index is 920. The lowest BCUT2D eigenvalue weighted by molar-refractivity contribution is 0.113. The van der Waals surface area contributed by atoms with E-state index in [9.17, 15) is 4.39 Å². The van der Waals surface area contributed by atoms with Crippen LogP contribution in [-0.2, 0) is 4.74 Å². The third kappa shape index (κ3) is 6.32. The molecule has 0 aliphatic carbocycles. The van der Waals surface area contributed by atoms with E-state index in [1.807, 2.05) is 24.3 Å². The first-order valence-electron chi connectivity index (χ1n) is 10.6. The summed E-state index contributed by atoms with van der Waals surface area (Å²) in [5, 5.41) is 3.21. The lowest BCUT2D eigenvalue weighted by Crippen LogP contribution is -2.13. The molecule has 0 aliphatic rings. The third-order valence-electron chi connectivity index (χ3n) is 4.87. The van der Waals surface area contributed by atoms with E-state index in [2.05, 4.69) is 24.1 Å². The predicted octanol–water partition coefficient (Wildman–Crippen LogP) is 6.12. The zero-order chi connectivity index (χ0) is 21.2. The van der Waals surface area contributed by atoms with Gasteiger partial charge in [-0.1, -0.05) is 32.8 Å². The van der Waals surface area contributed by atoms with Crippen LogP contribution in [0.4, 0.5) is 15.9 Å². The van der Waals surface area contributed by atoms with Crippen molar-refractivity contribution >= 4 is 11.5 Å². The smallest absolute Gasteiger partial charge is 0.136 e. The van der Waals surface area contributed by atoms with Crippen LogP contribution >= 0.6 is 0 Å². The molecule has 1 atom stereocenters. The van der Waals surface area contributed by atoms with Crippen molar-refractivity contribution in [2.24, 2.45) is 0 Å². The van der Waals surface area contributed by atoms with Crippen molar-refractivity contribution in [3.8, 4) is 11.3 Å². The standard InChI is InChI=1S/C24H29FN4O/c1-3-5-6-13-30-17-18(4-2)24-28-22(19-9-8-12-26-16-19)15-23(29-24)27-21-11-7-10-20(25)14-21/h7-12,14-16,18H,3-6,13,17H2,1-2H3,(H,27,28,29). The Balaban J connectivity index is 1.86. The van der Waals surface area contributed by atoms with Crippen LogP contribution in [0.5, 0.6) is 0 Å². The first-order chi connectivity index (χ1) is 14.7. The third-order valence-corrected chi connectivity index (χ3v) is 4.87. The molecule has 1 unspecified atom stereocenters. The average Bonchev–Trinajstić information content (AvgIpc) is 2.77. The first-order valence-corrected chi connectivity index (χ1v) is 10.6. The number of rotatable bonds is 11. The van der Waals surface area contributed by atoms with Crippen molar-refractivity contribution in [1.29, 1.82) is 0 Å². The van der Waals surface area contributed by atoms with E-state index in [4.69, 9.17) is 14.7 Å². The second-order valence-electron chi connectivity index (χ2n) is 7.26. The lowest BCUT2D eigenvalue weighted by atomic mass is 10.1. The second-order valence-corrected chi connectivity index (χ2v) is 7.26. The minimum atomic E-state index is -0.298. The van der Waals surface area contributed by atoms with Gasteiger partial charge in [-0.3, -0.25) is 4.98 Å². The minimum Gasteiger partial charge on any atom is -0.381 e. The fraction of sp³-hybridized carbons (Fsp3) is 0.375. The molecular weight excluding hydrogens is 379 g/mol. The Hall–Kier alpha value is -2.86. The van der Waals surface area contributed by atoms with Gasteiger partial charge in [0.2, 0.25) is 0 Å². The molecular formula is C24H29FN4O. The van der Waals surface area contributed by atoms with Gasteiger partial charge in [-0.25, -0.2) is 14.4 Å². The van der Waals surface area contributed by atoms with E-state index in [-0.39, 0.29) is 11.7 Å². The number of hydrogen-bond donors (Lipinski definition) is 1. The van der Waals surface area contributed by atoms with Crippen molar-refractivity contribution in [2.75, 3.05) is 18.5 Å². The number of unbranched alkanes of at least 4 members (excludes halogenated alkanes) is 2. The summed E-state index contributed by atoms with van der Waals surface area (Å²) in [6, 6.07) is 12.0. The van der Waals surface area contributed by atoms with Crippen LogP contribution in [0, 0.1) is 5.82 Å². The van der Waals surface area contributed by atoms with E-state index < -0.39 is 0 Å². The van der Waals surface area contributed by atoms with Crippen molar-refractivity contribution in [1.82, 2.24) is 15.0 Å². The Kier molecular flexibility index (Phi) is 8.27. The summed E-state index contributed by atoms with van der Waals surface area (Å²) in [5.74, 6) is 1.12. The summed E-state index contributed by atoms with van der Waals surface area (Å²) >= 11 is 0. The summed E-state index contributed by atoms with van der Waals surface area (Å²) in [5.41, 5.74) is 2.32. The van der Waals surface area contributed by atoms with Crippen LogP contribution < -0.4 is 5.32 Å². The number of pyridine rings is 1. The monoisotopic (exact) mass is 408 g/mol. The van der Waals surface area contributed by atoms with Gasteiger partial charge < -0.3 is 10.1 Å². The molecule has 0 fully saturated rings. The molecule has 0 aliphatic heterocycles. The maximum Gasteiger partial charge on any atom is 0.136 e. The van der Waals surface area contributed by atoms with Crippen molar-refractivity contribution in [3.63, 3.8) is 0 Å². The van der Waals surface area contributed by atoms with E-state index in [0.29, 0.717) is 23.9 Å². The highest BCUT2D eigenvalue weighted by molar-refractivity contribution is 5.65. The van der Waals surface area contributed by atoms with Gasteiger partial charge >= 0.3 is 0 Å². The fourth-order valence-corrected chi connectivity index (χ4v) is 3.14. The maximum absolute atomic E-state index is 13.6. The number of ether oxygens (including phenoxy) is 1. The van der Waals surface area contributed by atoms with Gasteiger partial charge in [-0.05, 0) is 43.2 Å². The summed E-state index contributed by atoms with van der Waals surface area (Å²) in [6.45, 7) is 5.62. The Morgan fingerprint density at radius 1 is 1.07 bits per heavy atom. The van der Waals surface area contributed by atoms with E-state index in [0.717, 1.165) is 30.7 Å². The number of anilines is 2. The highest BCUT2D eigenvalue weighted by atomic mass is 19.1. The zero-order valence-corrected chi connectivity index (χ0v) is 17.6. The molecule has 0 radical (unpaired) electrons. The molecule has 5 nitrogen and oxygen atoms in total. The molecule has 158 valence electrons. The molecule has 2 aromatic heterocycles. The lowest BCUT2D eigenvalue weighted by Gasteiger charge is -2.17. The van der Waals surface area contributed by atoms with Gasteiger partial charge in [0.15, 0.2) is 0 Å². The van der Waals surface area contributed by atoms with Gasteiger partial charge in [-0.2, -0.15) is 0 Å². The topological polar surface area (TPSA) is 59.9 Å². The van der Waals surface area contributed by atoms with Gasteiger partial charge in [0, 0.05) is 42.2 Å². The number of hydrogen-bond acceptors (Lipinski definition) is 5. The minimum absolute atomic E-state index is 0.0799. The Morgan fingerprint density at radius 3 is 2.70 bits per heavy atom. The molecule has 0 bridgehead atoms. The largest absolute Gasteiger partial charge is 0.381 e. The van der Waals surface area contributed by atoms with Crippen LogP contribution in [0.25, 0.3) is 11.3 Å². The van der Waals surface area contributed by atoms with Gasteiger partial charge in [0.05, 0.1) is 12.3 Å². The van der Waals surface area contributed by atoms with Crippen LogP contribution in [0.2, 0.25) is 0 Å². The molecule has 0 amide bonds. The average molecular weight is 409 g/mol. The number of aromatic nitrogens is 3. The maximum atomic E-state index is 13.6. The molecule has 3 rings (SSSR count). The van der Waals surface area contributed by atoms with Crippen LogP contribution in [0.3, 0.4) is 0 Å². The van der Waals surface area contributed by atoms with E-state index >= 15 is 0 Å². The molecule has 2 heterocycles. The molecule has 1 aromatic carbocycles. The highest BCUT2D eigenvalue weighted by Crippen LogP contribution is 2.26. The molecule has 0 spiro atoms. The van der Waals surface area contributed by atoms with Crippen molar-refractivity contribution in [3.05, 3.63) is 66.5 Å². The summed E-state index contributed by atoms with van der Waals surface area (Å²) in [4.78, 5) is 13.7. The van der Waals surface area contributed by atoms with Crippen molar-refractivity contribution < 1.29 is 9.13 Å². The molecule has 0 saturated heterocycles. The molecule has 0 saturated carbocycles. The highest BCUT2D eigenvalue weighted by Gasteiger charge is 2.16. The first kappa shape index (κ1) is 21.8. The summed E-state index contributed by atoms with van der Waals surface area (Å²) in [6.07, 6.45) is 7.79. The normalized spacial score (nSPS) is 12.0. The van der Waals surface area contributed by atoms with Crippen LogP contribution in [-0.4, -0.2) is 28.2 Å². The number of nitrogens with zero attached hydrogens (tertiary/aromatic N) is 3. The predicted molar refractivity (Wildman–Crippen MR) is 118 cm³/mol. The van der Waals surface area contributed by atoms with Crippen LogP contribution in [0.15, 0.2) is 54.9 Å². The Morgan fingerprint density at radius 2 is 1.97 bits per heavy atom. The molecule has 30 heavy (non-hydrogen) atoms. The van der Waals surface area contributed by atoms with E-state index in [1.54, 1.807) is 18.5 Å². The molecule has 3 aromatic rings. The number of benzene rings is 1. The van der Waals surface area contributed by atoms with E-state index in [1.165, 1.54) is 25.0 Å². The van der Waals surface area contributed by atoms with Gasteiger partial charge in [0.1, 0.15) is 17.5 Å². The number of halogens is 1. The van der Waals surface area contributed by atoms with Crippen molar-refractivity contribution in [2.45, 2.75) is 45.4 Å². The second kappa shape index (κ2) is 11.4. The van der Waals surface area contributed by atoms with Gasteiger partial charge in [0.25, 0.3) is 0 Å². The van der Waals surface area contributed by atoms with Gasteiger partial charge in [-0.15, -0.1) is 0 Å². The quantitative estimate of drug-likeness (QED) is 0.387. The molecule has 6 heteroatoms. The zero-order valence-electron chi connectivity index (χ0n) is 17.6.